The highest BCUT2D eigenvalue weighted by molar-refractivity contribution is 5.66. The molecule has 0 unspecified atom stereocenters. The highest BCUT2D eigenvalue weighted by atomic mass is 16.4. The minimum absolute atomic E-state index is 0.0205. The van der Waals surface area contributed by atoms with Crippen LogP contribution in [0.2, 0.25) is 0 Å². The second-order valence-corrected chi connectivity index (χ2v) is 6.82. The van der Waals surface area contributed by atoms with Gasteiger partial charge in [-0.2, -0.15) is 5.10 Å². The smallest absolute Gasteiger partial charge is 0.325 e. The molecule has 102 valence electrons. The van der Waals surface area contributed by atoms with Crippen LogP contribution in [0.5, 0.6) is 0 Å². The van der Waals surface area contributed by atoms with E-state index < -0.39 is 5.97 Å². The normalized spacial score (nSPS) is 39.7. The Morgan fingerprint density at radius 3 is 2.42 bits per heavy atom. The van der Waals surface area contributed by atoms with E-state index >= 15 is 0 Å². The van der Waals surface area contributed by atoms with Gasteiger partial charge in [0.05, 0.1) is 6.20 Å². The zero-order valence-corrected chi connectivity index (χ0v) is 11.0. The highest BCUT2D eigenvalue weighted by Crippen LogP contribution is 2.59. The molecule has 0 saturated heterocycles. The van der Waals surface area contributed by atoms with Crippen LogP contribution in [0.25, 0.3) is 0 Å². The third kappa shape index (κ3) is 1.88. The summed E-state index contributed by atoms with van der Waals surface area (Å²) in [7, 11) is 0. The number of aromatic nitrogens is 2. The van der Waals surface area contributed by atoms with E-state index in [-0.39, 0.29) is 6.54 Å². The third-order valence-electron chi connectivity index (χ3n) is 5.56. The van der Waals surface area contributed by atoms with Gasteiger partial charge in [-0.15, -0.1) is 0 Å². The van der Waals surface area contributed by atoms with Crippen LogP contribution < -0.4 is 0 Å². The molecule has 4 saturated carbocycles. The van der Waals surface area contributed by atoms with E-state index in [1.165, 1.54) is 37.7 Å². The van der Waals surface area contributed by atoms with Gasteiger partial charge in [-0.05, 0) is 67.3 Å². The first kappa shape index (κ1) is 11.5. The molecule has 19 heavy (non-hydrogen) atoms. The summed E-state index contributed by atoms with van der Waals surface area (Å²) < 4.78 is 1.57. The zero-order chi connectivity index (χ0) is 13.0. The lowest BCUT2D eigenvalue weighted by atomic mass is 9.51. The van der Waals surface area contributed by atoms with Crippen molar-refractivity contribution in [2.24, 2.45) is 23.7 Å². The molecule has 1 aromatic rings. The molecule has 4 heteroatoms. The number of carboxylic acid groups (broad SMARTS) is 1. The van der Waals surface area contributed by atoms with Crippen molar-refractivity contribution in [1.29, 1.82) is 0 Å². The number of nitrogens with zero attached hydrogens (tertiary/aromatic N) is 2. The maximum Gasteiger partial charge on any atom is 0.325 e. The third-order valence-corrected chi connectivity index (χ3v) is 5.56. The predicted molar refractivity (Wildman–Crippen MR) is 69.6 cm³/mol. The van der Waals surface area contributed by atoms with Crippen molar-refractivity contribution in [3.05, 3.63) is 18.0 Å². The van der Waals surface area contributed by atoms with Crippen LogP contribution in [-0.4, -0.2) is 20.9 Å². The number of rotatable bonds is 3. The highest BCUT2D eigenvalue weighted by Gasteiger charge is 2.48. The fourth-order valence-corrected chi connectivity index (χ4v) is 5.25. The van der Waals surface area contributed by atoms with Crippen molar-refractivity contribution in [2.45, 2.75) is 44.6 Å². The van der Waals surface area contributed by atoms with Gasteiger partial charge in [0.25, 0.3) is 0 Å². The standard InChI is InChI=1S/C15H20N2O2/c18-14(19)8-17-7-13(6-16-17)15-11-2-9-1-10(4-11)5-12(15)3-9/h6-7,9-12,15H,1-5,8H2,(H,18,19). The van der Waals surface area contributed by atoms with Crippen LogP contribution in [0.15, 0.2) is 12.4 Å². The van der Waals surface area contributed by atoms with Gasteiger partial charge in [0.2, 0.25) is 0 Å². The maximum absolute atomic E-state index is 10.7. The van der Waals surface area contributed by atoms with E-state index in [9.17, 15) is 4.79 Å². The number of hydrogen-bond donors (Lipinski definition) is 1. The summed E-state index contributed by atoms with van der Waals surface area (Å²) in [4.78, 5) is 10.7. The lowest BCUT2D eigenvalue weighted by Crippen LogP contribution is -2.43. The molecule has 0 radical (unpaired) electrons. The van der Waals surface area contributed by atoms with Gasteiger partial charge in [-0.1, -0.05) is 0 Å². The molecule has 0 amide bonds. The summed E-state index contributed by atoms with van der Waals surface area (Å²) in [6, 6.07) is 0. The van der Waals surface area contributed by atoms with Gasteiger partial charge < -0.3 is 5.11 Å². The molecule has 4 aliphatic rings. The van der Waals surface area contributed by atoms with Crippen molar-refractivity contribution in [2.75, 3.05) is 0 Å². The molecular weight excluding hydrogens is 240 g/mol. The number of carboxylic acids is 1. The fourth-order valence-electron chi connectivity index (χ4n) is 5.25. The predicted octanol–water partition coefficient (Wildman–Crippen LogP) is 2.51. The molecule has 0 aromatic carbocycles. The van der Waals surface area contributed by atoms with Crippen LogP contribution in [0.4, 0.5) is 0 Å². The summed E-state index contributed by atoms with van der Waals surface area (Å²) in [5.74, 6) is 3.45. The summed E-state index contributed by atoms with van der Waals surface area (Å²) >= 11 is 0. The Morgan fingerprint density at radius 1 is 1.21 bits per heavy atom. The van der Waals surface area contributed by atoms with Crippen LogP contribution in [0.1, 0.15) is 43.6 Å². The maximum atomic E-state index is 10.7. The topological polar surface area (TPSA) is 55.1 Å². The fraction of sp³-hybridized carbons (Fsp3) is 0.733. The Kier molecular flexibility index (Phi) is 2.47. The lowest BCUT2D eigenvalue weighted by Gasteiger charge is -2.54. The molecule has 1 N–H and O–H groups in total. The number of carbonyl (C=O) groups is 1. The monoisotopic (exact) mass is 260 g/mol. The van der Waals surface area contributed by atoms with Crippen LogP contribution in [-0.2, 0) is 11.3 Å². The van der Waals surface area contributed by atoms with E-state index in [0.717, 1.165) is 23.7 Å². The van der Waals surface area contributed by atoms with Crippen LogP contribution in [0.3, 0.4) is 0 Å². The molecule has 4 aliphatic carbocycles. The Labute approximate surface area is 112 Å². The second kappa shape index (κ2) is 4.09. The molecule has 0 atom stereocenters. The van der Waals surface area contributed by atoms with E-state index in [4.69, 9.17) is 5.11 Å². The minimum Gasteiger partial charge on any atom is -0.480 e. The van der Waals surface area contributed by atoms with Gasteiger partial charge >= 0.3 is 5.97 Å². The van der Waals surface area contributed by atoms with Crippen molar-refractivity contribution >= 4 is 5.97 Å². The van der Waals surface area contributed by atoms with Gasteiger partial charge in [0.1, 0.15) is 6.54 Å². The van der Waals surface area contributed by atoms with Crippen LogP contribution in [0, 0.1) is 23.7 Å². The second-order valence-electron chi connectivity index (χ2n) is 6.82. The van der Waals surface area contributed by atoms with Crippen molar-refractivity contribution < 1.29 is 9.90 Å². The first-order valence-corrected chi connectivity index (χ1v) is 7.43. The summed E-state index contributed by atoms with van der Waals surface area (Å²) in [5.41, 5.74) is 1.29. The minimum atomic E-state index is -0.820. The molecule has 4 bridgehead atoms. The van der Waals surface area contributed by atoms with Crippen LogP contribution >= 0.6 is 0 Å². The average Bonchev–Trinajstić information content (AvgIpc) is 2.75. The van der Waals surface area contributed by atoms with Gasteiger partial charge in [0.15, 0.2) is 0 Å². The van der Waals surface area contributed by atoms with Gasteiger partial charge in [0, 0.05) is 6.20 Å². The molecule has 0 spiro atoms. The zero-order valence-electron chi connectivity index (χ0n) is 11.0. The average molecular weight is 260 g/mol. The van der Waals surface area contributed by atoms with E-state index in [2.05, 4.69) is 5.10 Å². The SMILES string of the molecule is O=C(O)Cn1cc(C2C3CC4CC(C3)CC2C4)cn1. The summed E-state index contributed by atoms with van der Waals surface area (Å²) in [5, 5.41) is 13.1. The Bertz CT molecular complexity index is 480. The Morgan fingerprint density at radius 2 is 1.84 bits per heavy atom. The van der Waals surface area contributed by atoms with E-state index in [1.54, 1.807) is 4.68 Å². The molecule has 1 heterocycles. The van der Waals surface area contributed by atoms with E-state index in [0.29, 0.717) is 5.92 Å². The number of aliphatic carboxylic acids is 1. The largest absolute Gasteiger partial charge is 0.480 e. The van der Waals surface area contributed by atoms with Crippen molar-refractivity contribution in [1.82, 2.24) is 9.78 Å². The van der Waals surface area contributed by atoms with Crippen molar-refractivity contribution in [3.8, 4) is 0 Å². The first-order chi connectivity index (χ1) is 9.19. The molecule has 1 aromatic heterocycles. The summed E-state index contributed by atoms with van der Waals surface area (Å²) in [6.45, 7) is -0.0205. The lowest BCUT2D eigenvalue weighted by molar-refractivity contribution is -0.137. The molecule has 0 aliphatic heterocycles. The Balaban J connectivity index is 1.58. The Hall–Kier alpha value is -1.32. The molecular formula is C15H20N2O2. The van der Waals surface area contributed by atoms with Crippen molar-refractivity contribution in [3.63, 3.8) is 0 Å². The van der Waals surface area contributed by atoms with Gasteiger partial charge in [-0.25, -0.2) is 0 Å². The van der Waals surface area contributed by atoms with E-state index in [1.807, 2.05) is 12.4 Å². The summed E-state index contributed by atoms with van der Waals surface area (Å²) in [6.07, 6.45) is 10.9. The molecule has 4 nitrogen and oxygen atoms in total. The quantitative estimate of drug-likeness (QED) is 0.908. The van der Waals surface area contributed by atoms with Gasteiger partial charge in [-0.3, -0.25) is 9.48 Å². The number of hydrogen-bond acceptors (Lipinski definition) is 2. The molecule has 5 rings (SSSR count). The molecule has 4 fully saturated rings. The first-order valence-electron chi connectivity index (χ1n) is 7.43.